The predicted octanol–water partition coefficient (Wildman–Crippen LogP) is 6.01. The van der Waals surface area contributed by atoms with Gasteiger partial charge in [0.1, 0.15) is 5.75 Å². The van der Waals surface area contributed by atoms with Crippen LogP contribution in [0.15, 0.2) is 36.4 Å². The standard InChI is InChI=1S/C25H40N2O/c1-5-7-17-27(18-8-6-2)19-11-16-26-20-24-23-13-10-9-12-22(23)14-15-25(24)28-21(3)4/h9-10,12-15,21,26H,5-8,11,16-20H2,1-4H3. The number of nitrogens with one attached hydrogen (secondary N) is 1. The van der Waals surface area contributed by atoms with Gasteiger partial charge in [-0.1, -0.05) is 57.0 Å². The Kier molecular flexibility index (Phi) is 10.4. The molecule has 0 fully saturated rings. The average Bonchev–Trinajstić information content (AvgIpc) is 2.69. The molecular weight excluding hydrogens is 344 g/mol. The van der Waals surface area contributed by atoms with Crippen molar-refractivity contribution < 1.29 is 4.74 Å². The SMILES string of the molecule is CCCCN(CCCC)CCCNCc1c(OC(C)C)ccc2ccccc12. The molecule has 0 saturated heterocycles. The maximum Gasteiger partial charge on any atom is 0.124 e. The maximum atomic E-state index is 6.09. The Morgan fingerprint density at radius 3 is 2.25 bits per heavy atom. The summed E-state index contributed by atoms with van der Waals surface area (Å²) < 4.78 is 6.09. The van der Waals surface area contributed by atoms with Crippen LogP contribution in [0.2, 0.25) is 0 Å². The molecule has 156 valence electrons. The summed E-state index contributed by atoms with van der Waals surface area (Å²) in [7, 11) is 0. The first-order valence-electron chi connectivity index (χ1n) is 11.3. The lowest BCUT2D eigenvalue weighted by Gasteiger charge is -2.22. The van der Waals surface area contributed by atoms with Crippen molar-refractivity contribution in [2.45, 2.75) is 72.4 Å². The first-order chi connectivity index (χ1) is 13.7. The maximum absolute atomic E-state index is 6.09. The Labute approximate surface area is 172 Å². The van der Waals surface area contributed by atoms with Crippen LogP contribution < -0.4 is 10.1 Å². The number of fused-ring (bicyclic) bond motifs is 1. The molecule has 1 N–H and O–H groups in total. The topological polar surface area (TPSA) is 24.5 Å². The Morgan fingerprint density at radius 2 is 1.57 bits per heavy atom. The summed E-state index contributed by atoms with van der Waals surface area (Å²) in [6, 6.07) is 12.9. The number of ether oxygens (including phenoxy) is 1. The van der Waals surface area contributed by atoms with Crippen molar-refractivity contribution in [2.75, 3.05) is 26.2 Å². The van der Waals surface area contributed by atoms with Gasteiger partial charge in [-0.3, -0.25) is 0 Å². The van der Waals surface area contributed by atoms with E-state index in [1.807, 2.05) is 0 Å². The fourth-order valence-corrected chi connectivity index (χ4v) is 3.60. The zero-order chi connectivity index (χ0) is 20.2. The number of hydrogen-bond acceptors (Lipinski definition) is 3. The Morgan fingerprint density at radius 1 is 0.893 bits per heavy atom. The van der Waals surface area contributed by atoms with Gasteiger partial charge >= 0.3 is 0 Å². The molecule has 28 heavy (non-hydrogen) atoms. The van der Waals surface area contributed by atoms with E-state index in [1.165, 1.54) is 68.1 Å². The molecule has 0 heterocycles. The van der Waals surface area contributed by atoms with Crippen molar-refractivity contribution in [3.8, 4) is 5.75 Å². The minimum absolute atomic E-state index is 0.186. The molecule has 2 rings (SSSR count). The molecule has 0 radical (unpaired) electrons. The number of unbranched alkanes of at least 4 members (excludes halogenated alkanes) is 2. The summed E-state index contributed by atoms with van der Waals surface area (Å²) in [6.07, 6.45) is 6.55. The average molecular weight is 385 g/mol. The number of benzene rings is 2. The Bertz CT molecular complexity index is 675. The van der Waals surface area contributed by atoms with Crippen molar-refractivity contribution in [1.82, 2.24) is 10.2 Å². The third-order valence-electron chi connectivity index (χ3n) is 5.15. The molecule has 0 spiro atoms. The minimum Gasteiger partial charge on any atom is -0.491 e. The van der Waals surface area contributed by atoms with Gasteiger partial charge < -0.3 is 15.0 Å². The highest BCUT2D eigenvalue weighted by Crippen LogP contribution is 2.28. The molecule has 0 bridgehead atoms. The molecule has 0 aliphatic carbocycles. The lowest BCUT2D eigenvalue weighted by Crippen LogP contribution is -2.29. The van der Waals surface area contributed by atoms with E-state index in [2.05, 4.69) is 74.3 Å². The predicted molar refractivity (Wildman–Crippen MR) is 122 cm³/mol. The zero-order valence-corrected chi connectivity index (χ0v) is 18.5. The smallest absolute Gasteiger partial charge is 0.124 e. The van der Waals surface area contributed by atoms with Crippen LogP contribution in [0.1, 0.15) is 65.4 Å². The molecule has 2 aromatic carbocycles. The van der Waals surface area contributed by atoms with E-state index >= 15 is 0 Å². The van der Waals surface area contributed by atoms with E-state index in [4.69, 9.17) is 4.74 Å². The second-order valence-electron chi connectivity index (χ2n) is 8.01. The van der Waals surface area contributed by atoms with Gasteiger partial charge in [-0.15, -0.1) is 0 Å². The van der Waals surface area contributed by atoms with Crippen LogP contribution in [0.4, 0.5) is 0 Å². The molecule has 3 nitrogen and oxygen atoms in total. The minimum atomic E-state index is 0.186. The third-order valence-corrected chi connectivity index (χ3v) is 5.15. The number of hydrogen-bond donors (Lipinski definition) is 1. The Hall–Kier alpha value is -1.58. The van der Waals surface area contributed by atoms with Gasteiger partial charge in [0.15, 0.2) is 0 Å². The van der Waals surface area contributed by atoms with Crippen molar-refractivity contribution in [2.24, 2.45) is 0 Å². The van der Waals surface area contributed by atoms with Gasteiger partial charge in [0.25, 0.3) is 0 Å². The van der Waals surface area contributed by atoms with E-state index in [0.717, 1.165) is 18.8 Å². The highest BCUT2D eigenvalue weighted by atomic mass is 16.5. The van der Waals surface area contributed by atoms with Gasteiger partial charge in [0.05, 0.1) is 6.10 Å². The van der Waals surface area contributed by atoms with Crippen molar-refractivity contribution in [1.29, 1.82) is 0 Å². The molecular formula is C25H40N2O. The van der Waals surface area contributed by atoms with E-state index in [9.17, 15) is 0 Å². The first kappa shape index (κ1) is 22.7. The largest absolute Gasteiger partial charge is 0.491 e. The van der Waals surface area contributed by atoms with Gasteiger partial charge in [0.2, 0.25) is 0 Å². The molecule has 0 amide bonds. The number of rotatable bonds is 14. The Balaban J connectivity index is 1.91. The van der Waals surface area contributed by atoms with Crippen LogP contribution in [0.5, 0.6) is 5.75 Å². The molecule has 0 aromatic heterocycles. The van der Waals surface area contributed by atoms with Crippen molar-refractivity contribution in [3.63, 3.8) is 0 Å². The fraction of sp³-hybridized carbons (Fsp3) is 0.600. The summed E-state index contributed by atoms with van der Waals surface area (Å²) in [5.41, 5.74) is 1.28. The monoisotopic (exact) mass is 384 g/mol. The van der Waals surface area contributed by atoms with Crippen LogP contribution in [0.25, 0.3) is 10.8 Å². The molecule has 0 aliphatic heterocycles. The molecule has 3 heteroatoms. The normalized spacial score (nSPS) is 11.6. The van der Waals surface area contributed by atoms with Crippen LogP contribution in [-0.4, -0.2) is 37.2 Å². The van der Waals surface area contributed by atoms with Gasteiger partial charge in [-0.2, -0.15) is 0 Å². The zero-order valence-electron chi connectivity index (χ0n) is 18.5. The van der Waals surface area contributed by atoms with Crippen LogP contribution in [0, 0.1) is 0 Å². The summed E-state index contributed by atoms with van der Waals surface area (Å²) in [4.78, 5) is 2.64. The fourth-order valence-electron chi connectivity index (χ4n) is 3.60. The summed E-state index contributed by atoms with van der Waals surface area (Å²) in [6.45, 7) is 14.3. The van der Waals surface area contributed by atoms with E-state index < -0.39 is 0 Å². The van der Waals surface area contributed by atoms with Crippen molar-refractivity contribution in [3.05, 3.63) is 42.0 Å². The van der Waals surface area contributed by atoms with E-state index in [-0.39, 0.29) is 6.10 Å². The summed E-state index contributed by atoms with van der Waals surface area (Å²) in [5.74, 6) is 1.01. The second kappa shape index (κ2) is 12.8. The van der Waals surface area contributed by atoms with Gasteiger partial charge in [0, 0.05) is 12.1 Å². The third kappa shape index (κ3) is 7.44. The molecule has 2 aromatic rings. The highest BCUT2D eigenvalue weighted by molar-refractivity contribution is 5.87. The van der Waals surface area contributed by atoms with Gasteiger partial charge in [-0.05, 0) is 76.1 Å². The van der Waals surface area contributed by atoms with E-state index in [1.54, 1.807) is 0 Å². The molecule has 0 atom stereocenters. The summed E-state index contributed by atoms with van der Waals surface area (Å²) >= 11 is 0. The lowest BCUT2D eigenvalue weighted by atomic mass is 10.0. The quantitative estimate of drug-likeness (QED) is 0.404. The van der Waals surface area contributed by atoms with Crippen LogP contribution in [0.3, 0.4) is 0 Å². The molecule has 0 aliphatic rings. The number of nitrogens with zero attached hydrogens (tertiary/aromatic N) is 1. The lowest BCUT2D eigenvalue weighted by molar-refractivity contribution is 0.239. The second-order valence-corrected chi connectivity index (χ2v) is 8.01. The van der Waals surface area contributed by atoms with Crippen molar-refractivity contribution >= 4 is 10.8 Å². The van der Waals surface area contributed by atoms with E-state index in [0.29, 0.717) is 0 Å². The first-order valence-corrected chi connectivity index (χ1v) is 11.3. The van der Waals surface area contributed by atoms with Crippen LogP contribution >= 0.6 is 0 Å². The molecule has 0 unspecified atom stereocenters. The van der Waals surface area contributed by atoms with Crippen LogP contribution in [-0.2, 0) is 6.54 Å². The summed E-state index contributed by atoms with van der Waals surface area (Å²) in [5, 5.41) is 6.24. The molecule has 0 saturated carbocycles. The van der Waals surface area contributed by atoms with Gasteiger partial charge in [-0.25, -0.2) is 0 Å². The highest BCUT2D eigenvalue weighted by Gasteiger charge is 2.10.